The van der Waals surface area contributed by atoms with Gasteiger partial charge in [-0.1, -0.05) is 12.1 Å². The van der Waals surface area contributed by atoms with Gasteiger partial charge >= 0.3 is 6.18 Å². The molecule has 2 atom stereocenters. The number of alkyl halides is 3. The Kier molecular flexibility index (Phi) is 5.53. The largest absolute Gasteiger partial charge is 0.416 e. The summed E-state index contributed by atoms with van der Waals surface area (Å²) in [6.07, 6.45) is -2.27. The van der Waals surface area contributed by atoms with Gasteiger partial charge in [0.25, 0.3) is 0 Å². The van der Waals surface area contributed by atoms with E-state index in [1.165, 1.54) is 12.1 Å². The molecule has 0 aliphatic rings. The summed E-state index contributed by atoms with van der Waals surface area (Å²) in [4.78, 5) is 0. The van der Waals surface area contributed by atoms with Crippen molar-refractivity contribution in [3.8, 4) is 0 Å². The fraction of sp³-hybridized carbons (Fsp3) is 0.538. The van der Waals surface area contributed by atoms with E-state index < -0.39 is 11.7 Å². The molecule has 1 nitrogen and oxygen atoms in total. The number of thioether (sulfide) groups is 1. The smallest absolute Gasteiger partial charge is 0.307 e. The quantitative estimate of drug-likeness (QED) is 0.869. The Morgan fingerprint density at radius 3 is 2.50 bits per heavy atom. The molecule has 0 saturated heterocycles. The molecule has 2 unspecified atom stereocenters. The Bertz CT molecular complexity index is 379. The third-order valence-corrected chi connectivity index (χ3v) is 3.50. The second-order valence-corrected chi connectivity index (χ2v) is 5.28. The zero-order valence-electron chi connectivity index (χ0n) is 10.7. The molecule has 1 N–H and O–H groups in total. The van der Waals surface area contributed by atoms with Gasteiger partial charge in [0.05, 0.1) is 5.56 Å². The van der Waals surface area contributed by atoms with Crippen molar-refractivity contribution in [2.75, 3.05) is 12.0 Å². The van der Waals surface area contributed by atoms with Crippen molar-refractivity contribution >= 4 is 11.8 Å². The molecule has 0 fully saturated rings. The Morgan fingerprint density at radius 1 is 1.28 bits per heavy atom. The van der Waals surface area contributed by atoms with Crippen LogP contribution < -0.4 is 5.32 Å². The third-order valence-electron chi connectivity index (χ3n) is 2.67. The minimum atomic E-state index is -4.28. The molecule has 0 amide bonds. The standard InChI is InChI=1S/C13H18F3NS/c1-9(8-18-3)17-10(2)11-5-4-6-12(7-11)13(14,15)16/h4-7,9-10,17H,8H2,1-3H3. The zero-order valence-corrected chi connectivity index (χ0v) is 11.5. The third kappa shape index (κ3) is 4.53. The number of nitrogens with one attached hydrogen (secondary N) is 1. The normalized spacial score (nSPS) is 15.4. The van der Waals surface area contributed by atoms with Gasteiger partial charge in [-0.2, -0.15) is 24.9 Å². The summed E-state index contributed by atoms with van der Waals surface area (Å²) in [6, 6.07) is 5.67. The minimum Gasteiger partial charge on any atom is -0.307 e. The maximum Gasteiger partial charge on any atom is 0.416 e. The first kappa shape index (κ1) is 15.4. The molecule has 0 bridgehead atoms. The lowest BCUT2D eigenvalue weighted by atomic mass is 10.0. The second kappa shape index (κ2) is 6.48. The van der Waals surface area contributed by atoms with Crippen LogP contribution in [0.15, 0.2) is 24.3 Å². The maximum absolute atomic E-state index is 12.6. The van der Waals surface area contributed by atoms with Crippen molar-refractivity contribution in [3.05, 3.63) is 35.4 Å². The van der Waals surface area contributed by atoms with Crippen molar-refractivity contribution in [2.24, 2.45) is 0 Å². The minimum absolute atomic E-state index is 0.0885. The summed E-state index contributed by atoms with van der Waals surface area (Å²) in [5.74, 6) is 0.934. The molecule has 0 saturated carbocycles. The lowest BCUT2D eigenvalue weighted by Gasteiger charge is -2.20. The van der Waals surface area contributed by atoms with Gasteiger partial charge in [0.1, 0.15) is 0 Å². The molecular weight excluding hydrogens is 259 g/mol. The molecular formula is C13H18F3NS. The van der Waals surface area contributed by atoms with Crippen molar-refractivity contribution in [3.63, 3.8) is 0 Å². The highest BCUT2D eigenvalue weighted by Gasteiger charge is 2.30. The number of rotatable bonds is 5. The molecule has 102 valence electrons. The highest BCUT2D eigenvalue weighted by Crippen LogP contribution is 2.30. The summed E-state index contributed by atoms with van der Waals surface area (Å²) in [5.41, 5.74) is 0.0731. The summed E-state index contributed by atoms with van der Waals surface area (Å²) in [6.45, 7) is 3.91. The van der Waals surface area contributed by atoms with Crippen molar-refractivity contribution in [1.82, 2.24) is 5.32 Å². The molecule has 0 aliphatic carbocycles. The SMILES string of the molecule is CSCC(C)NC(C)c1cccc(C(F)(F)F)c1. The summed E-state index contributed by atoms with van der Waals surface area (Å²) < 4.78 is 37.8. The molecule has 0 spiro atoms. The molecule has 18 heavy (non-hydrogen) atoms. The van der Waals surface area contributed by atoms with Crippen LogP contribution in [0.5, 0.6) is 0 Å². The van der Waals surface area contributed by atoms with Crippen LogP contribution in [-0.4, -0.2) is 18.1 Å². The predicted molar refractivity (Wildman–Crippen MR) is 70.8 cm³/mol. The van der Waals surface area contributed by atoms with Gasteiger partial charge in [0.2, 0.25) is 0 Å². The van der Waals surface area contributed by atoms with Crippen molar-refractivity contribution in [2.45, 2.75) is 32.1 Å². The van der Waals surface area contributed by atoms with E-state index in [2.05, 4.69) is 5.32 Å². The number of hydrogen-bond donors (Lipinski definition) is 1. The molecule has 1 rings (SSSR count). The van der Waals surface area contributed by atoms with E-state index in [0.29, 0.717) is 5.56 Å². The molecule has 0 heterocycles. The number of hydrogen-bond acceptors (Lipinski definition) is 2. The van der Waals surface area contributed by atoms with E-state index in [0.717, 1.165) is 11.8 Å². The van der Waals surface area contributed by atoms with Gasteiger partial charge in [0, 0.05) is 17.8 Å². The van der Waals surface area contributed by atoms with Gasteiger partial charge in [-0.05, 0) is 37.8 Å². The van der Waals surface area contributed by atoms with Gasteiger partial charge in [0.15, 0.2) is 0 Å². The van der Waals surface area contributed by atoms with Crippen molar-refractivity contribution in [1.29, 1.82) is 0 Å². The molecule has 0 radical (unpaired) electrons. The summed E-state index contributed by atoms with van der Waals surface area (Å²) >= 11 is 1.71. The molecule has 1 aromatic carbocycles. The first-order valence-electron chi connectivity index (χ1n) is 5.76. The molecule has 1 aromatic rings. The number of benzene rings is 1. The predicted octanol–water partition coefficient (Wildman–Crippen LogP) is 4.11. The topological polar surface area (TPSA) is 12.0 Å². The Labute approximate surface area is 110 Å². The van der Waals surface area contributed by atoms with Gasteiger partial charge in [-0.15, -0.1) is 0 Å². The second-order valence-electron chi connectivity index (χ2n) is 4.37. The zero-order chi connectivity index (χ0) is 13.8. The van der Waals surface area contributed by atoms with Gasteiger partial charge < -0.3 is 5.32 Å². The van der Waals surface area contributed by atoms with E-state index in [9.17, 15) is 13.2 Å². The monoisotopic (exact) mass is 277 g/mol. The Hall–Kier alpha value is -0.680. The van der Waals surface area contributed by atoms with Crippen LogP contribution in [0, 0.1) is 0 Å². The van der Waals surface area contributed by atoms with Crippen LogP contribution in [0.3, 0.4) is 0 Å². The maximum atomic E-state index is 12.6. The van der Waals surface area contributed by atoms with Crippen LogP contribution in [0.1, 0.15) is 31.0 Å². The number of halogens is 3. The average Bonchev–Trinajstić information content (AvgIpc) is 2.28. The Morgan fingerprint density at radius 2 is 1.94 bits per heavy atom. The summed E-state index contributed by atoms with van der Waals surface area (Å²) in [7, 11) is 0. The fourth-order valence-corrected chi connectivity index (χ4v) is 2.40. The fourth-order valence-electron chi connectivity index (χ4n) is 1.81. The van der Waals surface area contributed by atoms with E-state index in [1.807, 2.05) is 20.1 Å². The molecule has 5 heteroatoms. The first-order chi connectivity index (χ1) is 8.34. The highest BCUT2D eigenvalue weighted by atomic mass is 32.2. The van der Waals surface area contributed by atoms with Crippen LogP contribution in [0.4, 0.5) is 13.2 Å². The Balaban J connectivity index is 2.77. The lowest BCUT2D eigenvalue weighted by Crippen LogP contribution is -2.30. The van der Waals surface area contributed by atoms with E-state index >= 15 is 0 Å². The van der Waals surface area contributed by atoms with Crippen LogP contribution in [-0.2, 0) is 6.18 Å². The van der Waals surface area contributed by atoms with E-state index in [-0.39, 0.29) is 12.1 Å². The average molecular weight is 277 g/mol. The lowest BCUT2D eigenvalue weighted by molar-refractivity contribution is -0.137. The van der Waals surface area contributed by atoms with Crippen LogP contribution in [0.25, 0.3) is 0 Å². The van der Waals surface area contributed by atoms with E-state index in [1.54, 1.807) is 17.8 Å². The highest BCUT2D eigenvalue weighted by molar-refractivity contribution is 7.98. The summed E-state index contributed by atoms with van der Waals surface area (Å²) in [5, 5.41) is 3.29. The molecule has 0 aromatic heterocycles. The molecule has 0 aliphatic heterocycles. The van der Waals surface area contributed by atoms with Crippen LogP contribution >= 0.6 is 11.8 Å². The first-order valence-corrected chi connectivity index (χ1v) is 7.16. The van der Waals surface area contributed by atoms with Gasteiger partial charge in [-0.25, -0.2) is 0 Å². The van der Waals surface area contributed by atoms with Gasteiger partial charge in [-0.3, -0.25) is 0 Å². The van der Waals surface area contributed by atoms with E-state index in [4.69, 9.17) is 0 Å². The van der Waals surface area contributed by atoms with Crippen LogP contribution in [0.2, 0.25) is 0 Å². The van der Waals surface area contributed by atoms with Crippen molar-refractivity contribution < 1.29 is 13.2 Å².